The first-order valence-corrected chi connectivity index (χ1v) is 6.34. The number of nitro benzene ring substituents is 1. The molecule has 1 aromatic heterocycles. The van der Waals surface area contributed by atoms with Gasteiger partial charge in [-0.05, 0) is 31.7 Å². The molecule has 0 saturated heterocycles. The third kappa shape index (κ3) is 2.64. The summed E-state index contributed by atoms with van der Waals surface area (Å²) < 4.78 is 5.32. The maximum absolute atomic E-state index is 11.2. The van der Waals surface area contributed by atoms with E-state index in [1.807, 2.05) is 0 Å². The summed E-state index contributed by atoms with van der Waals surface area (Å²) in [7, 11) is 0. The molecule has 0 unspecified atom stereocenters. The molecule has 1 heterocycles. The maximum atomic E-state index is 11.2. The Labute approximate surface area is 117 Å². The number of benzene rings is 1. The number of nitrogens with zero attached hydrogens (tertiary/aromatic N) is 2. The van der Waals surface area contributed by atoms with Crippen molar-refractivity contribution in [2.45, 2.75) is 24.0 Å². The van der Waals surface area contributed by atoms with E-state index < -0.39 is 10.9 Å². The maximum Gasteiger partial charge on any atom is 0.337 e. The highest BCUT2D eigenvalue weighted by Crippen LogP contribution is 2.37. The van der Waals surface area contributed by atoms with Crippen molar-refractivity contribution in [1.82, 2.24) is 4.98 Å². The molecule has 1 N–H and O–H groups in total. The van der Waals surface area contributed by atoms with Gasteiger partial charge in [-0.3, -0.25) is 10.1 Å². The van der Waals surface area contributed by atoms with E-state index in [-0.39, 0.29) is 21.4 Å². The van der Waals surface area contributed by atoms with Crippen LogP contribution in [-0.4, -0.2) is 21.0 Å². The Morgan fingerprint density at radius 1 is 1.45 bits per heavy atom. The van der Waals surface area contributed by atoms with Crippen molar-refractivity contribution >= 4 is 23.4 Å². The summed E-state index contributed by atoms with van der Waals surface area (Å²) in [5, 5.41) is 20.3. The summed E-state index contributed by atoms with van der Waals surface area (Å²) in [4.78, 5) is 25.6. The van der Waals surface area contributed by atoms with E-state index >= 15 is 0 Å². The topological polar surface area (TPSA) is 106 Å². The van der Waals surface area contributed by atoms with Crippen molar-refractivity contribution in [2.24, 2.45) is 0 Å². The van der Waals surface area contributed by atoms with Gasteiger partial charge in [-0.15, -0.1) is 0 Å². The fraction of sp³-hybridized carbons (Fsp3) is 0.167. The molecule has 0 radical (unpaired) electrons. The van der Waals surface area contributed by atoms with E-state index in [0.717, 1.165) is 11.8 Å². The summed E-state index contributed by atoms with van der Waals surface area (Å²) in [6.45, 7) is 3.45. The Bertz CT molecular complexity index is 643. The van der Waals surface area contributed by atoms with Crippen LogP contribution in [0, 0.1) is 24.0 Å². The van der Waals surface area contributed by atoms with Crippen LogP contribution in [0.3, 0.4) is 0 Å². The molecule has 0 spiro atoms. The average Bonchev–Trinajstić information content (AvgIpc) is 2.68. The Balaban J connectivity index is 2.53. The van der Waals surface area contributed by atoms with E-state index in [0.29, 0.717) is 11.5 Å². The molecule has 20 heavy (non-hydrogen) atoms. The van der Waals surface area contributed by atoms with Gasteiger partial charge in [0.2, 0.25) is 0 Å². The predicted octanol–water partition coefficient (Wildman–Crippen LogP) is 3.05. The molecule has 1 aromatic carbocycles. The summed E-state index contributed by atoms with van der Waals surface area (Å²) in [6.07, 6.45) is 0. The van der Waals surface area contributed by atoms with Crippen molar-refractivity contribution in [2.75, 3.05) is 0 Å². The van der Waals surface area contributed by atoms with Crippen molar-refractivity contribution in [1.29, 1.82) is 0 Å². The summed E-state index contributed by atoms with van der Waals surface area (Å²) in [5.41, 5.74) is 0.212. The van der Waals surface area contributed by atoms with Crippen LogP contribution in [0.5, 0.6) is 0 Å². The zero-order chi connectivity index (χ0) is 14.9. The van der Waals surface area contributed by atoms with E-state index in [9.17, 15) is 14.9 Å². The fourth-order valence-corrected chi connectivity index (χ4v) is 2.55. The van der Waals surface area contributed by atoms with E-state index in [1.54, 1.807) is 13.8 Å². The third-order valence-corrected chi connectivity index (χ3v) is 3.60. The molecule has 0 bridgehead atoms. The molecular weight excluding hydrogens is 284 g/mol. The summed E-state index contributed by atoms with van der Waals surface area (Å²) in [6, 6.07) is 3.88. The lowest BCUT2D eigenvalue weighted by Gasteiger charge is -2.03. The van der Waals surface area contributed by atoms with Crippen LogP contribution >= 0.6 is 11.8 Å². The minimum atomic E-state index is -1.24. The number of carboxylic acid groups (broad SMARTS) is 1. The molecule has 0 aliphatic heterocycles. The van der Waals surface area contributed by atoms with Crippen molar-refractivity contribution < 1.29 is 19.2 Å². The molecule has 0 saturated carbocycles. The molecule has 0 aliphatic rings. The number of carboxylic acids is 1. The van der Waals surface area contributed by atoms with Crippen LogP contribution < -0.4 is 0 Å². The first-order valence-electron chi connectivity index (χ1n) is 5.52. The summed E-state index contributed by atoms with van der Waals surface area (Å²) >= 11 is 0.832. The van der Waals surface area contributed by atoms with Gasteiger partial charge in [-0.25, -0.2) is 9.78 Å². The lowest BCUT2D eigenvalue weighted by molar-refractivity contribution is -0.387. The molecule has 7 nitrogen and oxygen atoms in total. The Morgan fingerprint density at radius 2 is 2.15 bits per heavy atom. The number of oxazole rings is 1. The standard InChI is InChI=1S/C12H10N2O5S/c1-6-7(2)19-12(13-6)20-10-8(11(15)16)4-3-5-9(10)14(17)18/h3-5H,1-2H3,(H,15,16). The minimum Gasteiger partial charge on any atom is -0.478 e. The molecule has 0 fully saturated rings. The number of aryl methyl sites for hydroxylation is 2. The van der Waals surface area contributed by atoms with Gasteiger partial charge in [0.1, 0.15) is 10.7 Å². The number of rotatable bonds is 4. The largest absolute Gasteiger partial charge is 0.478 e. The highest BCUT2D eigenvalue weighted by atomic mass is 32.2. The van der Waals surface area contributed by atoms with E-state index in [1.165, 1.54) is 18.2 Å². The Kier molecular flexibility index (Phi) is 3.75. The number of carbonyl (C=O) groups is 1. The average molecular weight is 294 g/mol. The smallest absolute Gasteiger partial charge is 0.337 e. The molecule has 0 amide bonds. The number of aromatic nitrogens is 1. The second-order valence-electron chi connectivity index (χ2n) is 3.94. The molecule has 0 atom stereocenters. The van der Waals surface area contributed by atoms with Crippen LogP contribution in [0.15, 0.2) is 32.7 Å². The molecule has 2 rings (SSSR count). The first kappa shape index (κ1) is 14.1. The number of nitro groups is 1. The van der Waals surface area contributed by atoms with Gasteiger partial charge in [0.05, 0.1) is 16.2 Å². The van der Waals surface area contributed by atoms with Crippen molar-refractivity contribution in [3.63, 3.8) is 0 Å². The van der Waals surface area contributed by atoms with Gasteiger partial charge < -0.3 is 9.52 Å². The van der Waals surface area contributed by atoms with Gasteiger partial charge in [0.15, 0.2) is 0 Å². The Hall–Kier alpha value is -2.35. The van der Waals surface area contributed by atoms with Gasteiger partial charge in [0.25, 0.3) is 10.9 Å². The number of aromatic carboxylic acids is 1. The molecule has 0 aliphatic carbocycles. The van der Waals surface area contributed by atoms with Crippen LogP contribution in [-0.2, 0) is 0 Å². The monoisotopic (exact) mass is 294 g/mol. The second-order valence-corrected chi connectivity index (χ2v) is 4.90. The third-order valence-electron chi connectivity index (χ3n) is 2.62. The highest BCUT2D eigenvalue weighted by molar-refractivity contribution is 7.99. The van der Waals surface area contributed by atoms with E-state index in [4.69, 9.17) is 9.52 Å². The molecule has 104 valence electrons. The lowest BCUT2D eigenvalue weighted by atomic mass is 10.2. The summed E-state index contributed by atoms with van der Waals surface area (Å²) in [5.74, 6) is -0.654. The lowest BCUT2D eigenvalue weighted by Crippen LogP contribution is -2.02. The van der Waals surface area contributed by atoms with Crippen LogP contribution in [0.1, 0.15) is 21.8 Å². The fourth-order valence-electron chi connectivity index (χ4n) is 1.52. The zero-order valence-electron chi connectivity index (χ0n) is 10.6. The molecule has 8 heteroatoms. The van der Waals surface area contributed by atoms with Crippen molar-refractivity contribution in [3.05, 3.63) is 45.3 Å². The van der Waals surface area contributed by atoms with Gasteiger partial charge >= 0.3 is 5.97 Å². The van der Waals surface area contributed by atoms with E-state index in [2.05, 4.69) is 4.98 Å². The number of hydrogen-bond acceptors (Lipinski definition) is 6. The Morgan fingerprint density at radius 3 is 2.65 bits per heavy atom. The minimum absolute atomic E-state index is 0.00579. The predicted molar refractivity (Wildman–Crippen MR) is 70.2 cm³/mol. The normalized spacial score (nSPS) is 10.5. The molecule has 2 aromatic rings. The first-order chi connectivity index (χ1) is 9.40. The molecular formula is C12H10N2O5S. The van der Waals surface area contributed by atoms with Crippen LogP contribution in [0.2, 0.25) is 0 Å². The van der Waals surface area contributed by atoms with Gasteiger partial charge in [-0.1, -0.05) is 6.07 Å². The zero-order valence-corrected chi connectivity index (χ0v) is 11.4. The van der Waals surface area contributed by atoms with Crippen LogP contribution in [0.4, 0.5) is 5.69 Å². The highest BCUT2D eigenvalue weighted by Gasteiger charge is 2.24. The SMILES string of the molecule is Cc1nc(Sc2c(C(=O)O)cccc2[N+](=O)[O-])oc1C. The second kappa shape index (κ2) is 5.33. The van der Waals surface area contributed by atoms with Crippen LogP contribution in [0.25, 0.3) is 0 Å². The van der Waals surface area contributed by atoms with Crippen molar-refractivity contribution in [3.8, 4) is 0 Å². The number of hydrogen-bond donors (Lipinski definition) is 1. The van der Waals surface area contributed by atoms with Gasteiger partial charge in [-0.2, -0.15) is 0 Å². The quantitative estimate of drug-likeness (QED) is 0.682. The van der Waals surface area contributed by atoms with Gasteiger partial charge in [0, 0.05) is 6.07 Å².